The summed E-state index contributed by atoms with van der Waals surface area (Å²) in [6.45, 7) is 3.45. The van der Waals surface area contributed by atoms with E-state index in [9.17, 15) is 14.7 Å². The Morgan fingerprint density at radius 3 is 2.72 bits per heavy atom. The highest BCUT2D eigenvalue weighted by Gasteiger charge is 2.21. The van der Waals surface area contributed by atoms with Gasteiger partial charge in [-0.15, -0.1) is 11.3 Å². The van der Waals surface area contributed by atoms with E-state index in [2.05, 4.69) is 20.9 Å². The first-order chi connectivity index (χ1) is 13.9. The van der Waals surface area contributed by atoms with Gasteiger partial charge >= 0.3 is 5.97 Å². The Hall–Kier alpha value is -2.71. The molecule has 0 aliphatic carbocycles. The van der Waals surface area contributed by atoms with Crippen LogP contribution in [-0.4, -0.2) is 22.0 Å². The van der Waals surface area contributed by atoms with Crippen LogP contribution in [-0.2, 0) is 22.6 Å². The maximum absolute atomic E-state index is 12.3. The summed E-state index contributed by atoms with van der Waals surface area (Å²) < 4.78 is 5.93. The molecule has 0 aliphatic rings. The number of phenolic OH excluding ortho intramolecular Hbond substituents is 1. The predicted molar refractivity (Wildman–Crippen MR) is 116 cm³/mol. The van der Waals surface area contributed by atoms with E-state index in [0.717, 1.165) is 17.7 Å². The minimum Gasteiger partial charge on any atom is -0.507 e. The first-order valence-electron chi connectivity index (χ1n) is 8.89. The minimum absolute atomic E-state index is 0.0667. The van der Waals surface area contributed by atoms with E-state index in [-0.39, 0.29) is 23.8 Å². The summed E-state index contributed by atoms with van der Waals surface area (Å²) in [5.74, 6) is -0.961. The number of anilines is 2. The zero-order valence-electron chi connectivity index (χ0n) is 15.9. The van der Waals surface area contributed by atoms with Crippen molar-refractivity contribution >= 4 is 50.0 Å². The number of carbonyl (C=O) groups is 2. The molecule has 1 heterocycles. The fourth-order valence-electron chi connectivity index (χ4n) is 2.79. The van der Waals surface area contributed by atoms with Crippen LogP contribution in [0.4, 0.5) is 10.8 Å². The van der Waals surface area contributed by atoms with E-state index in [1.165, 1.54) is 30.4 Å². The number of hydrogen-bond acceptors (Lipinski definition) is 6. The normalized spacial score (nSPS) is 10.6. The number of hydrogen-bond donors (Lipinski definition) is 1. The molecule has 150 valence electrons. The number of carbonyl (C=O) groups excluding carboxylic acids is 2. The van der Waals surface area contributed by atoms with Gasteiger partial charge in [0, 0.05) is 16.8 Å². The summed E-state index contributed by atoms with van der Waals surface area (Å²) in [6.07, 6.45) is 0.784. The number of phenols is 1. The third-order valence-electron chi connectivity index (χ3n) is 4.19. The summed E-state index contributed by atoms with van der Waals surface area (Å²) in [5.41, 5.74) is 2.42. The number of aromatic nitrogens is 1. The van der Waals surface area contributed by atoms with Gasteiger partial charge in [0.15, 0.2) is 5.13 Å². The van der Waals surface area contributed by atoms with Crippen LogP contribution >= 0.6 is 27.3 Å². The standard InChI is InChI=1S/C21H19BrN2O4S/c1-3-14-6-4-5-7-18(14)24(13(2)25)21-23-16(12-29-21)11-28-20(27)17-10-15(22)8-9-19(17)26/h4-10,12,26H,3,11H2,1-2H3. The molecule has 0 atom stereocenters. The Morgan fingerprint density at radius 2 is 2.00 bits per heavy atom. The third kappa shape index (κ3) is 4.83. The molecule has 0 bridgehead atoms. The summed E-state index contributed by atoms with van der Waals surface area (Å²) in [7, 11) is 0. The number of thiazole rings is 1. The van der Waals surface area contributed by atoms with Crippen molar-refractivity contribution in [2.24, 2.45) is 0 Å². The first-order valence-corrected chi connectivity index (χ1v) is 10.6. The fraction of sp³-hybridized carbons (Fsp3) is 0.190. The maximum Gasteiger partial charge on any atom is 0.342 e. The molecule has 8 heteroatoms. The van der Waals surface area contributed by atoms with E-state index >= 15 is 0 Å². The number of ether oxygens (including phenoxy) is 1. The molecule has 0 fully saturated rings. The number of rotatable bonds is 6. The Bertz CT molecular complexity index is 1050. The van der Waals surface area contributed by atoms with Gasteiger partial charge in [0.1, 0.15) is 17.9 Å². The molecule has 3 aromatic rings. The smallest absolute Gasteiger partial charge is 0.342 e. The second kappa shape index (κ2) is 9.19. The molecule has 0 saturated carbocycles. The average molecular weight is 475 g/mol. The van der Waals surface area contributed by atoms with Crippen LogP contribution < -0.4 is 4.90 Å². The third-order valence-corrected chi connectivity index (χ3v) is 5.56. The first kappa shape index (κ1) is 21.0. The van der Waals surface area contributed by atoms with Crippen LogP contribution in [0.2, 0.25) is 0 Å². The van der Waals surface area contributed by atoms with Crippen molar-refractivity contribution < 1.29 is 19.4 Å². The van der Waals surface area contributed by atoms with Crippen LogP contribution in [0.5, 0.6) is 5.75 Å². The van der Waals surface area contributed by atoms with Crippen LogP contribution in [0.3, 0.4) is 0 Å². The van der Waals surface area contributed by atoms with Gasteiger partial charge < -0.3 is 9.84 Å². The fourth-order valence-corrected chi connectivity index (χ4v) is 4.02. The highest BCUT2D eigenvalue weighted by atomic mass is 79.9. The molecule has 6 nitrogen and oxygen atoms in total. The zero-order valence-corrected chi connectivity index (χ0v) is 18.3. The monoisotopic (exact) mass is 474 g/mol. The second-order valence-corrected chi connectivity index (χ2v) is 7.95. The molecule has 2 aromatic carbocycles. The van der Waals surface area contributed by atoms with Gasteiger partial charge in [-0.3, -0.25) is 9.69 Å². The van der Waals surface area contributed by atoms with Crippen LogP contribution in [0, 0.1) is 0 Å². The molecule has 1 aromatic heterocycles. The van der Waals surface area contributed by atoms with E-state index in [1.54, 1.807) is 16.3 Å². The van der Waals surface area contributed by atoms with E-state index in [4.69, 9.17) is 4.74 Å². The van der Waals surface area contributed by atoms with Gasteiger partial charge in [0.05, 0.1) is 11.4 Å². The minimum atomic E-state index is -0.655. The molecular weight excluding hydrogens is 456 g/mol. The number of amides is 1. The molecule has 0 unspecified atom stereocenters. The zero-order chi connectivity index (χ0) is 21.0. The summed E-state index contributed by atoms with van der Waals surface area (Å²) >= 11 is 4.56. The average Bonchev–Trinajstić information content (AvgIpc) is 3.16. The summed E-state index contributed by atoms with van der Waals surface area (Å²) in [4.78, 5) is 30.6. The topological polar surface area (TPSA) is 79.7 Å². The number of esters is 1. The molecule has 0 spiro atoms. The van der Waals surface area contributed by atoms with Crippen molar-refractivity contribution in [1.29, 1.82) is 0 Å². The van der Waals surface area contributed by atoms with E-state index in [1.807, 2.05) is 31.2 Å². The number of aryl methyl sites for hydroxylation is 1. The molecule has 0 radical (unpaired) electrons. The van der Waals surface area contributed by atoms with Crippen molar-refractivity contribution in [2.45, 2.75) is 26.9 Å². The molecule has 29 heavy (non-hydrogen) atoms. The maximum atomic E-state index is 12.3. The van der Waals surface area contributed by atoms with Crippen molar-refractivity contribution in [1.82, 2.24) is 4.98 Å². The number of nitrogens with zero attached hydrogens (tertiary/aromatic N) is 2. The van der Waals surface area contributed by atoms with Crippen LogP contribution in [0.15, 0.2) is 52.3 Å². The quantitative estimate of drug-likeness (QED) is 0.495. The summed E-state index contributed by atoms with van der Waals surface area (Å²) in [5, 5.41) is 12.1. The van der Waals surface area contributed by atoms with Gasteiger partial charge in [-0.2, -0.15) is 0 Å². The lowest BCUT2D eigenvalue weighted by atomic mass is 10.1. The van der Waals surface area contributed by atoms with Gasteiger partial charge in [-0.05, 0) is 36.2 Å². The van der Waals surface area contributed by atoms with Gasteiger partial charge in [0.25, 0.3) is 0 Å². The lowest BCUT2D eigenvalue weighted by Gasteiger charge is -2.20. The van der Waals surface area contributed by atoms with Crippen molar-refractivity contribution in [3.05, 3.63) is 69.1 Å². The van der Waals surface area contributed by atoms with Gasteiger partial charge in [0.2, 0.25) is 5.91 Å². The van der Waals surface area contributed by atoms with Crippen molar-refractivity contribution in [2.75, 3.05) is 4.90 Å². The SMILES string of the molecule is CCc1ccccc1N(C(C)=O)c1nc(COC(=O)c2cc(Br)ccc2O)cs1. The Morgan fingerprint density at radius 1 is 1.24 bits per heavy atom. The van der Waals surface area contributed by atoms with Gasteiger partial charge in [-0.25, -0.2) is 9.78 Å². The number of halogens is 1. The van der Waals surface area contributed by atoms with E-state index < -0.39 is 5.97 Å². The Labute approximate surface area is 180 Å². The molecule has 1 amide bonds. The predicted octanol–water partition coefficient (Wildman–Crippen LogP) is 5.22. The van der Waals surface area contributed by atoms with Crippen LogP contribution in [0.1, 0.15) is 35.5 Å². The van der Waals surface area contributed by atoms with Crippen molar-refractivity contribution in [3.63, 3.8) is 0 Å². The lowest BCUT2D eigenvalue weighted by Crippen LogP contribution is -2.23. The van der Waals surface area contributed by atoms with E-state index in [0.29, 0.717) is 15.3 Å². The second-order valence-electron chi connectivity index (χ2n) is 6.20. The molecule has 0 aliphatic heterocycles. The van der Waals surface area contributed by atoms with Crippen molar-refractivity contribution in [3.8, 4) is 5.75 Å². The number of para-hydroxylation sites is 1. The highest BCUT2D eigenvalue weighted by Crippen LogP contribution is 2.32. The Kier molecular flexibility index (Phi) is 6.66. The largest absolute Gasteiger partial charge is 0.507 e. The molecule has 3 rings (SSSR count). The number of aromatic hydroxyl groups is 1. The summed E-state index contributed by atoms with van der Waals surface area (Å²) in [6, 6.07) is 12.2. The Balaban J connectivity index is 1.78. The van der Waals surface area contributed by atoms with Gasteiger partial charge in [-0.1, -0.05) is 41.1 Å². The lowest BCUT2D eigenvalue weighted by molar-refractivity contribution is -0.115. The number of benzene rings is 2. The molecular formula is C21H19BrN2O4S. The highest BCUT2D eigenvalue weighted by molar-refractivity contribution is 9.10. The molecule has 1 N–H and O–H groups in total. The van der Waals surface area contributed by atoms with Crippen LogP contribution in [0.25, 0.3) is 0 Å². The molecule has 0 saturated heterocycles.